The zero-order chi connectivity index (χ0) is 9.99. The van der Waals surface area contributed by atoms with Crippen molar-refractivity contribution in [2.45, 2.75) is 16.9 Å². The molecule has 0 aromatic carbocycles. The van der Waals surface area contributed by atoms with Crippen molar-refractivity contribution in [3.8, 4) is 0 Å². The lowest BCUT2D eigenvalue weighted by molar-refractivity contribution is -0.134. The van der Waals surface area contributed by atoms with Gasteiger partial charge in [-0.2, -0.15) is 0 Å². The summed E-state index contributed by atoms with van der Waals surface area (Å²) in [6, 6.07) is 0. The molecule has 0 aliphatic heterocycles. The Morgan fingerprint density at radius 1 is 1.50 bits per heavy atom. The van der Waals surface area contributed by atoms with Gasteiger partial charge in [-0.25, -0.2) is 4.79 Å². The van der Waals surface area contributed by atoms with Crippen molar-refractivity contribution >= 4 is 71.7 Å². The van der Waals surface area contributed by atoms with Crippen LogP contribution in [0.5, 0.6) is 0 Å². The number of alkyl halides is 4. The number of carbonyl (C=O) groups is 1. The van der Waals surface area contributed by atoms with E-state index in [4.69, 9.17) is 39.2 Å². The van der Waals surface area contributed by atoms with Crippen LogP contribution >= 0.6 is 57.4 Å². The topological polar surface area (TPSA) is 26.3 Å². The Balaban J connectivity index is 4.20. The van der Waals surface area contributed by atoms with E-state index in [0.29, 0.717) is 0 Å². The first-order valence-electron chi connectivity index (χ1n) is 3.05. The second-order valence-electron chi connectivity index (χ2n) is 2.78. The first kappa shape index (κ1) is 13.3. The van der Waals surface area contributed by atoms with E-state index in [2.05, 4.69) is 22.6 Å². The average molecular weight is 361 g/mol. The molecule has 0 heterocycles. The van der Waals surface area contributed by atoms with Crippen molar-refractivity contribution < 1.29 is 9.22 Å². The molecule has 0 spiro atoms. The minimum absolute atomic E-state index is 0.775. The third-order valence-electron chi connectivity index (χ3n) is 0.922. The molecule has 0 rings (SSSR count). The maximum absolute atomic E-state index is 11.1. The monoisotopic (exact) mass is 360 g/mol. The number of hydrogen-bond donors (Lipinski definition) is 0. The number of carbonyl (C=O) groups excluding carboxylic acids is 1. The maximum Gasteiger partial charge on any atom is 0.345 e. The molecule has 0 saturated carbocycles. The highest BCUT2D eigenvalue weighted by atomic mass is 127. The van der Waals surface area contributed by atoms with Gasteiger partial charge in [0, 0.05) is 4.05 Å². The molecule has 2 nitrogen and oxygen atoms in total. The van der Waals surface area contributed by atoms with E-state index in [9.17, 15) is 4.79 Å². The van der Waals surface area contributed by atoms with Gasteiger partial charge in [-0.15, -0.1) is 0 Å². The van der Waals surface area contributed by atoms with E-state index in [1.54, 1.807) is 0 Å². The van der Waals surface area contributed by atoms with Gasteiger partial charge >= 0.3 is 5.97 Å². The lowest BCUT2D eigenvalue weighted by atomic mass is 10.8. The summed E-state index contributed by atoms with van der Waals surface area (Å²) in [6.45, 7) is 3.77. The van der Waals surface area contributed by atoms with Crippen LogP contribution in [0.2, 0.25) is 13.1 Å². The van der Waals surface area contributed by atoms with E-state index < -0.39 is 18.1 Å². The first-order valence-corrected chi connectivity index (χ1v) is 8.82. The van der Waals surface area contributed by atoms with Gasteiger partial charge in [0.1, 0.15) is 0 Å². The number of rotatable bonds is 2. The third kappa shape index (κ3) is 5.11. The van der Waals surface area contributed by atoms with Gasteiger partial charge in [0.2, 0.25) is 0 Å². The zero-order valence-electron chi connectivity index (χ0n) is 6.54. The Morgan fingerprint density at radius 3 is 2.17 bits per heavy atom. The van der Waals surface area contributed by atoms with Gasteiger partial charge in [-0.3, -0.25) is 0 Å². The molecule has 0 aliphatic rings. The van der Waals surface area contributed by atoms with Crippen LogP contribution in [0, 0.1) is 0 Å². The molecule has 7 heteroatoms. The van der Waals surface area contributed by atoms with Crippen molar-refractivity contribution in [3.05, 3.63) is 0 Å². The molecule has 72 valence electrons. The molecular formula is C5H8Cl3IO2Si. The summed E-state index contributed by atoms with van der Waals surface area (Å²) in [7, 11) is -1.97. The molecule has 12 heavy (non-hydrogen) atoms. The van der Waals surface area contributed by atoms with Gasteiger partial charge < -0.3 is 4.43 Å². The average Bonchev–Trinajstić information content (AvgIpc) is 1.85. The Bertz CT molecular complexity index is 180. The number of hydrogen-bond acceptors (Lipinski definition) is 2. The quantitative estimate of drug-likeness (QED) is 0.429. The lowest BCUT2D eigenvalue weighted by Crippen LogP contribution is -2.39. The standard InChI is InChI=1S/C5H8Cl3IO2Si/c1-12(2,3-9)11-4(10)5(6,7)8/h3H2,1-2H3. The minimum Gasteiger partial charge on any atom is -0.516 e. The number of halogens is 4. The first-order chi connectivity index (χ1) is 5.19. The van der Waals surface area contributed by atoms with Crippen LogP contribution in [0.1, 0.15) is 0 Å². The predicted molar refractivity (Wildman–Crippen MR) is 62.8 cm³/mol. The molecule has 0 atom stereocenters. The fourth-order valence-corrected chi connectivity index (χ4v) is 1.82. The lowest BCUT2D eigenvalue weighted by Gasteiger charge is -2.22. The van der Waals surface area contributed by atoms with Gasteiger partial charge in [-0.1, -0.05) is 57.4 Å². The Labute approximate surface area is 101 Å². The Hall–Kier alpha value is 1.29. The van der Waals surface area contributed by atoms with Crippen LogP contribution in [-0.4, -0.2) is 22.1 Å². The largest absolute Gasteiger partial charge is 0.516 e. The van der Waals surface area contributed by atoms with Gasteiger partial charge in [-0.05, 0) is 13.1 Å². The third-order valence-corrected chi connectivity index (χ3v) is 8.28. The molecule has 0 aromatic heterocycles. The van der Waals surface area contributed by atoms with Crippen molar-refractivity contribution in [3.63, 3.8) is 0 Å². The summed E-state index contributed by atoms with van der Waals surface area (Å²) < 4.78 is 3.87. The van der Waals surface area contributed by atoms with E-state index in [1.165, 1.54) is 0 Å². The normalized spacial score (nSPS) is 12.8. The van der Waals surface area contributed by atoms with Crippen molar-refractivity contribution in [2.24, 2.45) is 0 Å². The van der Waals surface area contributed by atoms with Gasteiger partial charge in [0.05, 0.1) is 0 Å². The van der Waals surface area contributed by atoms with E-state index in [0.717, 1.165) is 4.05 Å². The summed E-state index contributed by atoms with van der Waals surface area (Å²) >= 11 is 18.1. The molecule has 0 bridgehead atoms. The molecule has 0 fully saturated rings. The molecule has 0 saturated heterocycles. The van der Waals surface area contributed by atoms with Crippen LogP contribution in [-0.2, 0) is 9.22 Å². The smallest absolute Gasteiger partial charge is 0.345 e. The van der Waals surface area contributed by atoms with Gasteiger partial charge in [0.15, 0.2) is 0 Å². The summed E-state index contributed by atoms with van der Waals surface area (Å²) in [5, 5.41) is 0. The van der Waals surface area contributed by atoms with E-state index >= 15 is 0 Å². The zero-order valence-corrected chi connectivity index (χ0v) is 12.0. The Morgan fingerprint density at radius 2 is 1.92 bits per heavy atom. The molecule has 0 radical (unpaired) electrons. The van der Waals surface area contributed by atoms with E-state index in [1.807, 2.05) is 13.1 Å². The van der Waals surface area contributed by atoms with Crippen LogP contribution < -0.4 is 0 Å². The second-order valence-corrected chi connectivity index (χ2v) is 11.3. The van der Waals surface area contributed by atoms with Crippen LogP contribution in [0.15, 0.2) is 0 Å². The van der Waals surface area contributed by atoms with Crippen LogP contribution in [0.4, 0.5) is 0 Å². The molecule has 0 unspecified atom stereocenters. The SMILES string of the molecule is C[Si](C)(CI)OC(=O)C(Cl)(Cl)Cl. The minimum atomic E-state index is -1.97. The molecule has 0 aromatic rings. The molecule has 0 aliphatic carbocycles. The fourth-order valence-electron chi connectivity index (χ4n) is 0.336. The summed E-state index contributed by atoms with van der Waals surface area (Å²) in [5.41, 5.74) is 0. The predicted octanol–water partition coefficient (Wildman–Crippen LogP) is 3.08. The van der Waals surface area contributed by atoms with Crippen molar-refractivity contribution in [1.29, 1.82) is 0 Å². The van der Waals surface area contributed by atoms with Gasteiger partial charge in [0.25, 0.3) is 12.1 Å². The van der Waals surface area contributed by atoms with Crippen LogP contribution in [0.25, 0.3) is 0 Å². The van der Waals surface area contributed by atoms with E-state index in [-0.39, 0.29) is 0 Å². The maximum atomic E-state index is 11.1. The van der Waals surface area contributed by atoms with Crippen molar-refractivity contribution in [1.82, 2.24) is 0 Å². The molecule has 0 amide bonds. The van der Waals surface area contributed by atoms with Crippen LogP contribution in [0.3, 0.4) is 0 Å². The van der Waals surface area contributed by atoms with Crippen molar-refractivity contribution in [2.75, 3.05) is 4.05 Å². The fraction of sp³-hybridized carbons (Fsp3) is 0.800. The highest BCUT2D eigenvalue weighted by Crippen LogP contribution is 2.29. The summed E-state index contributed by atoms with van der Waals surface area (Å²) in [4.78, 5) is 11.1. The molecule has 0 N–H and O–H groups in total. The Kier molecular flexibility index (Phi) is 5.18. The molecular weight excluding hydrogens is 353 g/mol. The second kappa shape index (κ2) is 4.68. The summed E-state index contributed by atoms with van der Waals surface area (Å²) in [5.74, 6) is -0.777. The summed E-state index contributed by atoms with van der Waals surface area (Å²) in [6.07, 6.45) is 0. The highest BCUT2D eigenvalue weighted by Gasteiger charge is 2.37. The highest BCUT2D eigenvalue weighted by molar-refractivity contribution is 14.1.